The van der Waals surface area contributed by atoms with E-state index < -0.39 is 0 Å². The highest BCUT2D eigenvalue weighted by molar-refractivity contribution is 5.25. The summed E-state index contributed by atoms with van der Waals surface area (Å²) in [7, 11) is 2.03. The lowest BCUT2D eigenvalue weighted by Crippen LogP contribution is -2.22. The normalized spacial score (nSPS) is 22.2. The molecule has 0 spiro atoms. The predicted molar refractivity (Wildman–Crippen MR) is 66.6 cm³/mol. The highest BCUT2D eigenvalue weighted by atomic mass is 16.5. The van der Waals surface area contributed by atoms with Gasteiger partial charge >= 0.3 is 0 Å². The van der Waals surface area contributed by atoms with E-state index in [2.05, 4.69) is 36.5 Å². The van der Waals surface area contributed by atoms with Crippen LogP contribution in [0.4, 0.5) is 0 Å². The molecule has 1 fully saturated rings. The van der Waals surface area contributed by atoms with Gasteiger partial charge in [0.1, 0.15) is 0 Å². The Morgan fingerprint density at radius 2 is 2.38 bits per heavy atom. The van der Waals surface area contributed by atoms with Gasteiger partial charge in [0.25, 0.3) is 0 Å². The molecule has 1 aliphatic heterocycles. The van der Waals surface area contributed by atoms with Crippen LogP contribution in [0.2, 0.25) is 0 Å². The molecule has 0 saturated carbocycles. The van der Waals surface area contributed by atoms with Gasteiger partial charge in [0.05, 0.1) is 6.10 Å². The fourth-order valence-corrected chi connectivity index (χ4v) is 2.40. The Morgan fingerprint density at radius 1 is 1.50 bits per heavy atom. The molecule has 1 N–H and O–H groups in total. The molecule has 16 heavy (non-hydrogen) atoms. The third-order valence-electron chi connectivity index (χ3n) is 3.32. The average Bonchev–Trinajstić information content (AvgIpc) is 2.78. The summed E-state index contributed by atoms with van der Waals surface area (Å²) in [6.45, 7) is 3.08. The number of hydrogen-bond donors (Lipinski definition) is 1. The molecular weight excluding hydrogens is 198 g/mol. The van der Waals surface area contributed by atoms with Gasteiger partial charge < -0.3 is 10.1 Å². The third-order valence-corrected chi connectivity index (χ3v) is 3.32. The fourth-order valence-electron chi connectivity index (χ4n) is 2.40. The van der Waals surface area contributed by atoms with Crippen molar-refractivity contribution >= 4 is 0 Å². The smallest absolute Gasteiger partial charge is 0.0594 e. The molecule has 1 heterocycles. The first-order valence-electron chi connectivity index (χ1n) is 6.15. The Kier molecular flexibility index (Phi) is 3.97. The zero-order valence-electron chi connectivity index (χ0n) is 10.2. The number of aryl methyl sites for hydroxylation is 1. The molecule has 2 rings (SSSR count). The molecule has 1 aromatic rings. The second-order valence-electron chi connectivity index (χ2n) is 4.63. The van der Waals surface area contributed by atoms with Gasteiger partial charge in [0.15, 0.2) is 0 Å². The zero-order valence-corrected chi connectivity index (χ0v) is 10.2. The maximum Gasteiger partial charge on any atom is 0.0594 e. The molecule has 1 saturated heterocycles. The van der Waals surface area contributed by atoms with E-state index in [0.717, 1.165) is 13.0 Å². The summed E-state index contributed by atoms with van der Waals surface area (Å²) in [4.78, 5) is 0. The zero-order chi connectivity index (χ0) is 11.4. The maximum atomic E-state index is 5.70. The summed E-state index contributed by atoms with van der Waals surface area (Å²) < 4.78 is 5.70. The van der Waals surface area contributed by atoms with Crippen LogP contribution >= 0.6 is 0 Å². The van der Waals surface area contributed by atoms with Crippen molar-refractivity contribution < 1.29 is 4.74 Å². The number of nitrogens with one attached hydrogen (secondary N) is 1. The molecule has 0 aromatic heterocycles. The minimum atomic E-state index is 0.419. The molecule has 0 amide bonds. The van der Waals surface area contributed by atoms with Gasteiger partial charge in [-0.1, -0.05) is 29.8 Å². The summed E-state index contributed by atoms with van der Waals surface area (Å²) in [5, 5.41) is 3.39. The number of ether oxygens (including phenoxy) is 1. The van der Waals surface area contributed by atoms with Crippen molar-refractivity contribution in [2.24, 2.45) is 0 Å². The van der Waals surface area contributed by atoms with Crippen LogP contribution in [-0.2, 0) is 4.74 Å². The summed E-state index contributed by atoms with van der Waals surface area (Å²) in [6, 6.07) is 9.15. The molecule has 2 atom stereocenters. The molecule has 1 aliphatic rings. The van der Waals surface area contributed by atoms with E-state index in [1.54, 1.807) is 0 Å². The number of rotatable bonds is 4. The van der Waals surface area contributed by atoms with Crippen LogP contribution in [0.3, 0.4) is 0 Å². The van der Waals surface area contributed by atoms with Crippen molar-refractivity contribution in [1.82, 2.24) is 5.32 Å². The Bertz CT molecular complexity index is 331. The summed E-state index contributed by atoms with van der Waals surface area (Å²) in [5.41, 5.74) is 2.70. The van der Waals surface area contributed by atoms with Gasteiger partial charge in [0.2, 0.25) is 0 Å². The van der Waals surface area contributed by atoms with Crippen LogP contribution in [-0.4, -0.2) is 19.8 Å². The van der Waals surface area contributed by atoms with Gasteiger partial charge in [-0.05, 0) is 38.8 Å². The lowest BCUT2D eigenvalue weighted by Gasteiger charge is -2.20. The molecule has 2 nitrogen and oxygen atoms in total. The fraction of sp³-hybridized carbons (Fsp3) is 0.571. The van der Waals surface area contributed by atoms with E-state index in [4.69, 9.17) is 4.74 Å². The second-order valence-corrected chi connectivity index (χ2v) is 4.63. The van der Waals surface area contributed by atoms with E-state index >= 15 is 0 Å². The second kappa shape index (κ2) is 5.46. The SMILES string of the molecule is CNC(CC1CCCO1)c1cccc(C)c1. The van der Waals surface area contributed by atoms with Crippen LogP contribution in [0, 0.1) is 6.92 Å². The summed E-state index contributed by atoms with van der Waals surface area (Å²) in [5.74, 6) is 0. The van der Waals surface area contributed by atoms with Gasteiger partial charge in [0, 0.05) is 12.6 Å². The maximum absolute atomic E-state index is 5.70. The van der Waals surface area contributed by atoms with Crippen molar-refractivity contribution in [1.29, 1.82) is 0 Å². The van der Waals surface area contributed by atoms with E-state index in [1.807, 2.05) is 7.05 Å². The predicted octanol–water partition coefficient (Wildman–Crippen LogP) is 2.82. The summed E-state index contributed by atoms with van der Waals surface area (Å²) >= 11 is 0. The molecule has 0 aliphatic carbocycles. The third kappa shape index (κ3) is 2.83. The Hall–Kier alpha value is -0.860. The van der Waals surface area contributed by atoms with Crippen molar-refractivity contribution in [3.05, 3.63) is 35.4 Å². The highest BCUT2D eigenvalue weighted by Crippen LogP contribution is 2.25. The van der Waals surface area contributed by atoms with Crippen LogP contribution in [0.25, 0.3) is 0 Å². The monoisotopic (exact) mass is 219 g/mol. The topological polar surface area (TPSA) is 21.3 Å². The number of hydrogen-bond acceptors (Lipinski definition) is 2. The quantitative estimate of drug-likeness (QED) is 0.840. The molecule has 1 aromatic carbocycles. The molecule has 88 valence electrons. The lowest BCUT2D eigenvalue weighted by atomic mass is 9.98. The van der Waals surface area contributed by atoms with Crippen molar-refractivity contribution in [3.63, 3.8) is 0 Å². The standard InChI is InChI=1S/C14H21NO/c1-11-5-3-6-12(9-11)14(15-2)10-13-7-4-8-16-13/h3,5-6,9,13-15H,4,7-8,10H2,1-2H3. The largest absolute Gasteiger partial charge is 0.378 e. The minimum absolute atomic E-state index is 0.419. The Morgan fingerprint density at radius 3 is 3.00 bits per heavy atom. The molecular formula is C14H21NO. The van der Waals surface area contributed by atoms with Gasteiger partial charge in [-0.3, -0.25) is 0 Å². The van der Waals surface area contributed by atoms with Crippen molar-refractivity contribution in [2.75, 3.05) is 13.7 Å². The first-order valence-corrected chi connectivity index (χ1v) is 6.15. The minimum Gasteiger partial charge on any atom is -0.378 e. The molecule has 0 bridgehead atoms. The van der Waals surface area contributed by atoms with Crippen LogP contribution < -0.4 is 5.32 Å². The van der Waals surface area contributed by atoms with E-state index in [9.17, 15) is 0 Å². The van der Waals surface area contributed by atoms with E-state index in [1.165, 1.54) is 24.0 Å². The molecule has 0 radical (unpaired) electrons. The van der Waals surface area contributed by atoms with Crippen LogP contribution in [0.1, 0.15) is 36.4 Å². The molecule has 2 unspecified atom stereocenters. The van der Waals surface area contributed by atoms with E-state index in [-0.39, 0.29) is 0 Å². The van der Waals surface area contributed by atoms with Crippen molar-refractivity contribution in [2.45, 2.75) is 38.3 Å². The van der Waals surface area contributed by atoms with Gasteiger partial charge in [-0.15, -0.1) is 0 Å². The van der Waals surface area contributed by atoms with Crippen LogP contribution in [0.15, 0.2) is 24.3 Å². The summed E-state index contributed by atoms with van der Waals surface area (Å²) in [6.07, 6.45) is 3.96. The highest BCUT2D eigenvalue weighted by Gasteiger charge is 2.20. The van der Waals surface area contributed by atoms with Gasteiger partial charge in [-0.25, -0.2) is 0 Å². The first-order chi connectivity index (χ1) is 7.79. The molecule has 2 heteroatoms. The lowest BCUT2D eigenvalue weighted by molar-refractivity contribution is 0.0954. The van der Waals surface area contributed by atoms with E-state index in [0.29, 0.717) is 12.1 Å². The van der Waals surface area contributed by atoms with Crippen molar-refractivity contribution in [3.8, 4) is 0 Å². The van der Waals surface area contributed by atoms with Crippen LogP contribution in [0.5, 0.6) is 0 Å². The van der Waals surface area contributed by atoms with Gasteiger partial charge in [-0.2, -0.15) is 0 Å². The Balaban J connectivity index is 2.03. The average molecular weight is 219 g/mol. The Labute approximate surface area is 98.0 Å². The number of benzene rings is 1. The first kappa shape index (κ1) is 11.6.